The van der Waals surface area contributed by atoms with Crippen LogP contribution in [0.15, 0.2) is 30.3 Å². The van der Waals surface area contributed by atoms with Gasteiger partial charge < -0.3 is 0 Å². The van der Waals surface area contributed by atoms with E-state index < -0.39 is 0 Å². The summed E-state index contributed by atoms with van der Waals surface area (Å²) in [6.45, 7) is 3.61. The summed E-state index contributed by atoms with van der Waals surface area (Å²) in [4.78, 5) is 12.2. The predicted octanol–water partition coefficient (Wildman–Crippen LogP) is 3.17. The molecule has 0 atom stereocenters. The summed E-state index contributed by atoms with van der Waals surface area (Å²) in [5, 5.41) is 8.52. The van der Waals surface area contributed by atoms with E-state index in [0.717, 1.165) is 11.3 Å². The van der Waals surface area contributed by atoms with Gasteiger partial charge in [-0.1, -0.05) is 23.7 Å². The summed E-state index contributed by atoms with van der Waals surface area (Å²) in [6, 6.07) is 9.10. The largest absolute Gasteiger partial charge is 0.294 e. The lowest BCUT2D eigenvalue weighted by Gasteiger charge is -2.05. The summed E-state index contributed by atoms with van der Waals surface area (Å²) in [6.07, 6.45) is 0.326. The number of Topliss-reactive ketones (excluding diaryl/α,β-unsaturated/α-hetero) is 1. The maximum absolute atomic E-state index is 12.2. The van der Waals surface area contributed by atoms with Crippen LogP contribution in [0.4, 0.5) is 0 Å². The molecule has 1 heterocycles. The number of nitrogens with zero attached hydrogens (tertiary/aromatic N) is 2. The van der Waals surface area contributed by atoms with Gasteiger partial charge in [-0.05, 0) is 37.6 Å². The number of carbonyl (C=O) groups excluding carboxylic acids is 1. The van der Waals surface area contributed by atoms with Crippen LogP contribution in [0.2, 0.25) is 5.02 Å². The minimum absolute atomic E-state index is 0.0350. The number of hydrogen-bond donors (Lipinski definition) is 0. The van der Waals surface area contributed by atoms with Crippen molar-refractivity contribution in [3.8, 4) is 0 Å². The van der Waals surface area contributed by atoms with Gasteiger partial charge in [-0.15, -0.1) is 0 Å². The van der Waals surface area contributed by atoms with Gasteiger partial charge in [-0.2, -0.15) is 10.2 Å². The molecule has 0 unspecified atom stereocenters. The third kappa shape index (κ3) is 2.93. The third-order valence-corrected chi connectivity index (χ3v) is 2.89. The topological polar surface area (TPSA) is 42.9 Å². The highest BCUT2D eigenvalue weighted by atomic mass is 35.5. The van der Waals surface area contributed by atoms with Crippen LogP contribution in [-0.2, 0) is 6.42 Å². The number of benzene rings is 1. The molecular weight excluding hydrogens is 248 g/mol. The summed E-state index contributed by atoms with van der Waals surface area (Å²) in [5.74, 6) is 0.0350. The fourth-order valence-electron chi connectivity index (χ4n) is 1.76. The molecule has 0 amide bonds. The van der Waals surface area contributed by atoms with Crippen LogP contribution in [0.3, 0.4) is 0 Å². The number of hydrogen-bond acceptors (Lipinski definition) is 3. The molecule has 1 aromatic heterocycles. The Bertz CT molecular complexity index is 596. The Morgan fingerprint density at radius 1 is 1.22 bits per heavy atom. The highest BCUT2D eigenvalue weighted by Crippen LogP contribution is 2.14. The first-order chi connectivity index (χ1) is 8.56. The average molecular weight is 261 g/mol. The molecule has 2 rings (SSSR count). The van der Waals surface area contributed by atoms with Gasteiger partial charge >= 0.3 is 0 Å². The molecule has 0 saturated carbocycles. The zero-order chi connectivity index (χ0) is 13.1. The Balaban J connectivity index is 2.24. The molecule has 0 aliphatic rings. The Kier molecular flexibility index (Phi) is 3.72. The van der Waals surface area contributed by atoms with E-state index in [-0.39, 0.29) is 5.78 Å². The van der Waals surface area contributed by atoms with Crippen molar-refractivity contribution in [2.45, 2.75) is 20.3 Å². The summed E-state index contributed by atoms with van der Waals surface area (Å²) in [5.41, 5.74) is 2.94. The molecule has 0 fully saturated rings. The molecule has 0 N–H and O–H groups in total. The standard InChI is InChI=1S/C14H13ClN2O/c1-9-6-13(10(2)17-16-9)14(18)8-11-4-3-5-12(15)7-11/h3-7H,8H2,1-2H3. The quantitative estimate of drug-likeness (QED) is 0.796. The molecule has 0 radical (unpaired) electrons. The number of rotatable bonds is 3. The molecule has 18 heavy (non-hydrogen) atoms. The van der Waals surface area contributed by atoms with Gasteiger partial charge in [0.05, 0.1) is 11.4 Å². The van der Waals surface area contributed by atoms with Crippen molar-refractivity contribution in [1.82, 2.24) is 10.2 Å². The van der Waals surface area contributed by atoms with Crippen LogP contribution in [0.1, 0.15) is 27.3 Å². The molecule has 3 nitrogen and oxygen atoms in total. The number of aromatic nitrogens is 2. The number of halogens is 1. The number of ketones is 1. The Hall–Kier alpha value is -1.74. The fraction of sp³-hybridized carbons (Fsp3) is 0.214. The van der Waals surface area contributed by atoms with Crippen LogP contribution in [0.25, 0.3) is 0 Å². The van der Waals surface area contributed by atoms with Crippen LogP contribution in [0.5, 0.6) is 0 Å². The second kappa shape index (κ2) is 5.27. The van der Waals surface area contributed by atoms with Crippen molar-refractivity contribution >= 4 is 17.4 Å². The lowest BCUT2D eigenvalue weighted by Crippen LogP contribution is -2.08. The molecule has 4 heteroatoms. The van der Waals surface area contributed by atoms with Crippen molar-refractivity contribution in [3.05, 3.63) is 57.9 Å². The lowest BCUT2D eigenvalue weighted by molar-refractivity contribution is 0.0991. The first kappa shape index (κ1) is 12.7. The van der Waals surface area contributed by atoms with E-state index in [0.29, 0.717) is 22.7 Å². The van der Waals surface area contributed by atoms with E-state index in [1.807, 2.05) is 19.1 Å². The van der Waals surface area contributed by atoms with Crippen molar-refractivity contribution in [2.24, 2.45) is 0 Å². The van der Waals surface area contributed by atoms with E-state index in [9.17, 15) is 4.79 Å². The lowest BCUT2D eigenvalue weighted by atomic mass is 10.0. The second-order valence-electron chi connectivity index (χ2n) is 4.21. The minimum atomic E-state index is 0.0350. The van der Waals surface area contributed by atoms with Gasteiger partial charge in [0, 0.05) is 17.0 Å². The molecular formula is C14H13ClN2O. The molecule has 92 valence electrons. The molecule has 1 aromatic carbocycles. The normalized spacial score (nSPS) is 10.4. The van der Waals surface area contributed by atoms with Crippen LogP contribution in [0, 0.1) is 13.8 Å². The van der Waals surface area contributed by atoms with E-state index in [2.05, 4.69) is 10.2 Å². The molecule has 2 aromatic rings. The Morgan fingerprint density at radius 3 is 2.72 bits per heavy atom. The zero-order valence-corrected chi connectivity index (χ0v) is 11.0. The highest BCUT2D eigenvalue weighted by Gasteiger charge is 2.12. The maximum atomic E-state index is 12.2. The molecule has 0 bridgehead atoms. The van der Waals surface area contributed by atoms with Crippen molar-refractivity contribution in [3.63, 3.8) is 0 Å². The SMILES string of the molecule is Cc1cc(C(=O)Cc2cccc(Cl)c2)c(C)nn1. The van der Waals surface area contributed by atoms with Gasteiger partial charge in [0.25, 0.3) is 0 Å². The number of aryl methyl sites for hydroxylation is 2. The first-order valence-electron chi connectivity index (χ1n) is 5.65. The van der Waals surface area contributed by atoms with Crippen molar-refractivity contribution < 1.29 is 4.79 Å². The zero-order valence-electron chi connectivity index (χ0n) is 10.3. The monoisotopic (exact) mass is 260 g/mol. The molecule has 0 aliphatic carbocycles. The molecule has 0 spiro atoms. The average Bonchev–Trinajstić information content (AvgIpc) is 2.32. The van der Waals surface area contributed by atoms with E-state index in [1.54, 1.807) is 25.1 Å². The second-order valence-corrected chi connectivity index (χ2v) is 4.65. The maximum Gasteiger partial charge on any atom is 0.169 e. The van der Waals surface area contributed by atoms with Gasteiger partial charge in [0.2, 0.25) is 0 Å². The highest BCUT2D eigenvalue weighted by molar-refractivity contribution is 6.30. The van der Waals surface area contributed by atoms with Crippen molar-refractivity contribution in [1.29, 1.82) is 0 Å². The minimum Gasteiger partial charge on any atom is -0.294 e. The van der Waals surface area contributed by atoms with Crippen molar-refractivity contribution in [2.75, 3.05) is 0 Å². The van der Waals surface area contributed by atoms with E-state index >= 15 is 0 Å². The van der Waals surface area contributed by atoms with Gasteiger partial charge in [-0.25, -0.2) is 0 Å². The van der Waals surface area contributed by atoms with Crippen LogP contribution in [-0.4, -0.2) is 16.0 Å². The van der Waals surface area contributed by atoms with E-state index in [1.165, 1.54) is 0 Å². The van der Waals surface area contributed by atoms with Crippen LogP contribution < -0.4 is 0 Å². The number of carbonyl (C=O) groups is 1. The van der Waals surface area contributed by atoms with E-state index in [4.69, 9.17) is 11.6 Å². The predicted molar refractivity (Wildman–Crippen MR) is 71.0 cm³/mol. The Labute approximate surface area is 111 Å². The van der Waals surface area contributed by atoms with Gasteiger partial charge in [0.1, 0.15) is 0 Å². The molecule has 0 aliphatic heterocycles. The third-order valence-electron chi connectivity index (χ3n) is 2.65. The summed E-state index contributed by atoms with van der Waals surface area (Å²) < 4.78 is 0. The fourth-order valence-corrected chi connectivity index (χ4v) is 1.97. The smallest absolute Gasteiger partial charge is 0.169 e. The van der Waals surface area contributed by atoms with Gasteiger partial charge in [0.15, 0.2) is 5.78 Å². The summed E-state index contributed by atoms with van der Waals surface area (Å²) in [7, 11) is 0. The van der Waals surface area contributed by atoms with Gasteiger partial charge in [-0.3, -0.25) is 4.79 Å². The summed E-state index contributed by atoms with van der Waals surface area (Å²) >= 11 is 5.90. The first-order valence-corrected chi connectivity index (χ1v) is 6.02. The van der Waals surface area contributed by atoms with Crippen LogP contribution >= 0.6 is 11.6 Å². The molecule has 0 saturated heterocycles. The Morgan fingerprint density at radius 2 is 2.00 bits per heavy atom.